The summed E-state index contributed by atoms with van der Waals surface area (Å²) in [6.07, 6.45) is 2.09. The number of aromatic nitrogens is 1. The van der Waals surface area contributed by atoms with Crippen LogP contribution in [0, 0.1) is 0 Å². The molecule has 0 aliphatic heterocycles. The lowest BCUT2D eigenvalue weighted by Crippen LogP contribution is -2.16. The third-order valence-electron chi connectivity index (χ3n) is 2.49. The van der Waals surface area contributed by atoms with Crippen LogP contribution in [-0.2, 0) is 16.4 Å². The highest BCUT2D eigenvalue weighted by Gasteiger charge is 2.17. The molecule has 0 spiro atoms. The molecule has 1 aromatic heterocycles. The Kier molecular flexibility index (Phi) is 3.31. The van der Waals surface area contributed by atoms with Crippen molar-refractivity contribution in [3.63, 3.8) is 0 Å². The minimum atomic E-state index is -3.49. The average Bonchev–Trinajstić information content (AvgIpc) is 2.80. The molecule has 0 radical (unpaired) electrons. The van der Waals surface area contributed by atoms with E-state index in [1.54, 1.807) is 48.7 Å². The zero-order valence-corrected chi connectivity index (χ0v) is 10.1. The number of nitrogens with zero attached hydrogens (tertiary/aromatic N) is 1. The third-order valence-corrected chi connectivity index (χ3v) is 4.24. The van der Waals surface area contributed by atoms with Gasteiger partial charge in [-0.25, -0.2) is 12.4 Å². The molecule has 2 N–H and O–H groups in total. The van der Waals surface area contributed by atoms with Crippen LogP contribution in [0.2, 0.25) is 0 Å². The smallest absolute Gasteiger partial charge is 0.267 e. The Morgan fingerprint density at radius 2 is 1.76 bits per heavy atom. The van der Waals surface area contributed by atoms with Gasteiger partial charge in [0.15, 0.2) is 0 Å². The molecule has 1 aromatic carbocycles. The van der Waals surface area contributed by atoms with Crippen molar-refractivity contribution in [1.82, 2.24) is 3.97 Å². The van der Waals surface area contributed by atoms with Gasteiger partial charge in [0.1, 0.15) is 0 Å². The van der Waals surface area contributed by atoms with E-state index in [1.807, 2.05) is 0 Å². The molecule has 0 atom stereocenters. The minimum Gasteiger partial charge on any atom is -0.330 e. The summed E-state index contributed by atoms with van der Waals surface area (Å²) in [5, 5.41) is 0. The van der Waals surface area contributed by atoms with E-state index in [-0.39, 0.29) is 4.90 Å². The molecule has 0 bridgehead atoms. The first-order valence-corrected chi connectivity index (χ1v) is 6.77. The van der Waals surface area contributed by atoms with Crippen LogP contribution in [0.15, 0.2) is 53.6 Å². The molecule has 0 saturated carbocycles. The Morgan fingerprint density at radius 3 is 2.41 bits per heavy atom. The van der Waals surface area contributed by atoms with Crippen molar-refractivity contribution in [3.8, 4) is 0 Å². The van der Waals surface area contributed by atoms with Gasteiger partial charge in [0, 0.05) is 18.3 Å². The molecular formula is C12H14N2O2S. The van der Waals surface area contributed by atoms with E-state index in [9.17, 15) is 8.42 Å². The van der Waals surface area contributed by atoms with Crippen molar-refractivity contribution in [2.75, 3.05) is 6.54 Å². The van der Waals surface area contributed by atoms with Crippen LogP contribution in [0.3, 0.4) is 0 Å². The topological polar surface area (TPSA) is 65.1 Å². The highest BCUT2D eigenvalue weighted by molar-refractivity contribution is 7.90. The van der Waals surface area contributed by atoms with Crippen molar-refractivity contribution < 1.29 is 8.42 Å². The molecule has 0 fully saturated rings. The van der Waals surface area contributed by atoms with Crippen molar-refractivity contribution >= 4 is 10.0 Å². The normalized spacial score (nSPS) is 11.6. The SMILES string of the molecule is NCCc1cccn1S(=O)(=O)c1ccccc1. The summed E-state index contributed by atoms with van der Waals surface area (Å²) in [5.74, 6) is 0. The maximum Gasteiger partial charge on any atom is 0.267 e. The van der Waals surface area contributed by atoms with Crippen LogP contribution in [-0.4, -0.2) is 18.9 Å². The van der Waals surface area contributed by atoms with Gasteiger partial charge in [-0.05, 0) is 30.8 Å². The summed E-state index contributed by atoms with van der Waals surface area (Å²) < 4.78 is 25.9. The molecule has 5 heteroatoms. The lowest BCUT2D eigenvalue weighted by Gasteiger charge is -2.09. The van der Waals surface area contributed by atoms with E-state index in [0.717, 1.165) is 0 Å². The van der Waals surface area contributed by atoms with Gasteiger partial charge in [0.05, 0.1) is 4.90 Å². The predicted molar refractivity (Wildman–Crippen MR) is 66.2 cm³/mol. The summed E-state index contributed by atoms with van der Waals surface area (Å²) in [4.78, 5) is 0.287. The maximum atomic E-state index is 12.3. The van der Waals surface area contributed by atoms with Gasteiger partial charge >= 0.3 is 0 Å². The number of rotatable bonds is 4. The number of nitrogens with two attached hydrogens (primary N) is 1. The quantitative estimate of drug-likeness (QED) is 0.887. The van der Waals surface area contributed by atoms with Crippen LogP contribution in [0.1, 0.15) is 5.69 Å². The standard InChI is InChI=1S/C12H14N2O2S/c13-9-8-11-5-4-10-14(11)17(15,16)12-6-2-1-3-7-12/h1-7,10H,8-9,13H2. The summed E-state index contributed by atoms with van der Waals surface area (Å²) in [7, 11) is -3.49. The first-order chi connectivity index (χ1) is 8.16. The molecule has 0 amide bonds. The summed E-state index contributed by atoms with van der Waals surface area (Å²) in [6.45, 7) is 0.425. The highest BCUT2D eigenvalue weighted by Crippen LogP contribution is 2.16. The Morgan fingerprint density at radius 1 is 1.06 bits per heavy atom. The van der Waals surface area contributed by atoms with E-state index >= 15 is 0 Å². The molecule has 2 aromatic rings. The zero-order valence-electron chi connectivity index (χ0n) is 9.28. The molecule has 2 rings (SSSR count). The monoisotopic (exact) mass is 250 g/mol. The Labute approximate surface area is 101 Å². The van der Waals surface area contributed by atoms with Crippen molar-refractivity contribution in [1.29, 1.82) is 0 Å². The molecule has 0 unspecified atom stereocenters. The van der Waals surface area contributed by atoms with Gasteiger partial charge in [0.2, 0.25) is 0 Å². The predicted octanol–water partition coefficient (Wildman–Crippen LogP) is 1.23. The van der Waals surface area contributed by atoms with Gasteiger partial charge in [-0.3, -0.25) is 0 Å². The third kappa shape index (κ3) is 2.25. The second-order valence-corrected chi connectivity index (χ2v) is 5.47. The summed E-state index contributed by atoms with van der Waals surface area (Å²) in [5.41, 5.74) is 6.17. The summed E-state index contributed by atoms with van der Waals surface area (Å²) in [6, 6.07) is 11.9. The van der Waals surface area contributed by atoms with Gasteiger partial charge in [0.25, 0.3) is 10.0 Å². The van der Waals surface area contributed by atoms with E-state index in [2.05, 4.69) is 0 Å². The maximum absolute atomic E-state index is 12.3. The van der Waals surface area contributed by atoms with Crippen LogP contribution in [0.4, 0.5) is 0 Å². The van der Waals surface area contributed by atoms with Gasteiger partial charge in [-0.1, -0.05) is 18.2 Å². The Bertz CT molecular complexity index is 588. The Hall–Kier alpha value is -1.59. The van der Waals surface area contributed by atoms with Gasteiger partial charge in [-0.15, -0.1) is 0 Å². The van der Waals surface area contributed by atoms with E-state index < -0.39 is 10.0 Å². The molecule has 17 heavy (non-hydrogen) atoms. The summed E-state index contributed by atoms with van der Waals surface area (Å²) >= 11 is 0. The first kappa shape index (κ1) is 11.9. The fraction of sp³-hybridized carbons (Fsp3) is 0.167. The minimum absolute atomic E-state index is 0.287. The number of benzene rings is 1. The molecular weight excluding hydrogens is 236 g/mol. The van der Waals surface area contributed by atoms with Crippen LogP contribution >= 0.6 is 0 Å². The lowest BCUT2D eigenvalue weighted by molar-refractivity contribution is 0.585. The number of hydrogen-bond acceptors (Lipinski definition) is 3. The van der Waals surface area contributed by atoms with Crippen molar-refractivity contribution in [2.45, 2.75) is 11.3 Å². The van der Waals surface area contributed by atoms with Gasteiger partial charge in [-0.2, -0.15) is 0 Å². The van der Waals surface area contributed by atoms with E-state index in [1.165, 1.54) is 3.97 Å². The molecule has 90 valence electrons. The number of hydrogen-bond donors (Lipinski definition) is 1. The Balaban J connectivity index is 2.49. The van der Waals surface area contributed by atoms with Crippen LogP contribution in [0.25, 0.3) is 0 Å². The average molecular weight is 250 g/mol. The molecule has 0 saturated heterocycles. The molecule has 4 nitrogen and oxygen atoms in total. The highest BCUT2D eigenvalue weighted by atomic mass is 32.2. The molecule has 0 aliphatic rings. The first-order valence-electron chi connectivity index (χ1n) is 5.33. The zero-order chi connectivity index (χ0) is 12.3. The largest absolute Gasteiger partial charge is 0.330 e. The van der Waals surface area contributed by atoms with E-state index in [0.29, 0.717) is 18.7 Å². The molecule has 0 aliphatic carbocycles. The fourth-order valence-corrected chi connectivity index (χ4v) is 3.10. The van der Waals surface area contributed by atoms with Gasteiger partial charge < -0.3 is 5.73 Å². The van der Waals surface area contributed by atoms with Crippen molar-refractivity contribution in [2.24, 2.45) is 5.73 Å². The van der Waals surface area contributed by atoms with Crippen molar-refractivity contribution in [3.05, 3.63) is 54.4 Å². The lowest BCUT2D eigenvalue weighted by atomic mass is 10.3. The van der Waals surface area contributed by atoms with E-state index in [4.69, 9.17) is 5.73 Å². The second kappa shape index (κ2) is 4.73. The van der Waals surface area contributed by atoms with Crippen LogP contribution in [0.5, 0.6) is 0 Å². The second-order valence-electron chi connectivity index (χ2n) is 3.65. The fourth-order valence-electron chi connectivity index (χ4n) is 1.68. The van der Waals surface area contributed by atoms with Crippen LogP contribution < -0.4 is 5.73 Å². The molecule has 1 heterocycles.